The molecule has 40 nitrogen and oxygen atoms in total. The van der Waals surface area contributed by atoms with E-state index in [1.54, 1.807) is 60.9 Å². The molecule has 14 atom stereocenters. The monoisotopic (exact) mass is 1830 g/mol. The summed E-state index contributed by atoms with van der Waals surface area (Å²) in [6.07, 6.45) is 5.39. The van der Waals surface area contributed by atoms with Gasteiger partial charge in [-0.1, -0.05) is 102 Å². The Morgan fingerprint density at radius 3 is 1.60 bits per heavy atom. The lowest BCUT2D eigenvalue weighted by molar-refractivity contribution is -0.149. The number of unbranched alkanes of at least 4 members (excludes halogenated alkanes) is 2. The number of aromatic hydroxyl groups is 1. The number of aliphatic hydroxyl groups excluding tert-OH is 1. The number of hydrogen-bond acceptors (Lipinski definition) is 21. The minimum absolute atomic E-state index is 0.00412. The van der Waals surface area contributed by atoms with Gasteiger partial charge in [-0.05, 0) is 138 Å². The van der Waals surface area contributed by atoms with Crippen LogP contribution in [0.25, 0.3) is 21.8 Å². The summed E-state index contributed by atoms with van der Waals surface area (Å²) in [5.74, 6) is -15.0. The number of likely N-dealkylation sites (N-methyl/N-ethyl adjacent to an activating group) is 3. The Bertz CT molecular complexity index is 4820. The quantitative estimate of drug-likeness (QED) is 0.0190. The summed E-state index contributed by atoms with van der Waals surface area (Å²) >= 11 is 0.800. The molecule has 8 rings (SSSR count). The van der Waals surface area contributed by atoms with Crippen molar-refractivity contribution in [2.24, 2.45) is 23.1 Å². The van der Waals surface area contributed by atoms with Crippen molar-refractivity contribution in [2.45, 2.75) is 242 Å². The largest absolute Gasteiger partial charge is 0.508 e. The first kappa shape index (κ1) is 103. The number of aromatic nitrogens is 2. The number of fused-ring (bicyclic) bond motifs is 4. The molecule has 0 saturated carbocycles. The van der Waals surface area contributed by atoms with E-state index in [9.17, 15) is 53.4 Å². The van der Waals surface area contributed by atoms with Crippen LogP contribution in [0.3, 0.4) is 0 Å². The highest BCUT2D eigenvalue weighted by Gasteiger charge is 2.45. The van der Waals surface area contributed by atoms with E-state index in [4.69, 9.17) is 22.6 Å². The van der Waals surface area contributed by atoms with Crippen LogP contribution in [0, 0.1) is 11.3 Å². The Hall–Kier alpha value is -12.4. The molecule has 22 N–H and O–H groups in total. The third-order valence-electron chi connectivity index (χ3n) is 23.7. The molecular weight excluding hydrogens is 1700 g/mol. The molecule has 710 valence electrons. The van der Waals surface area contributed by atoms with Gasteiger partial charge in [0.15, 0.2) is 5.96 Å². The molecule has 41 heteroatoms. The fourth-order valence-corrected chi connectivity index (χ4v) is 17.1. The first-order valence-corrected chi connectivity index (χ1v) is 45.7. The molecule has 2 aromatic heterocycles. The van der Waals surface area contributed by atoms with Crippen molar-refractivity contribution in [3.05, 3.63) is 102 Å². The van der Waals surface area contributed by atoms with Crippen LogP contribution >= 0.6 is 11.8 Å². The number of carbonyl (C=O) groups excluding carboxylic acids is 16. The molecule has 0 bridgehead atoms. The zero-order valence-electron chi connectivity index (χ0n) is 75.4. The number of benzene rings is 3. The SMILES string of the molecule is CCCC[C@H]1C(=O)N(C)[C@@H](CCCC)C(=O)N[C@@H](CCCNC(=N)N)C(=O)N[C@H](C(=O)NCC(N)=O)CSCC(=O)N[C@@H](Cc2ccc(O)cc2)C(=O)N(C)[C@@H](C)C(=O)N[C@@H](CCCN)C(=O)N2CCC[C@H]2C(=O)N[C@@H](C)C(=O)N[C@@H](CC(C)C)C(=O)N2CCC[C@H]2C(=O)N[C@@H](Cc2c[nH]c3ccccc23)C(=O)N[C@@H](CO)C(=O)N[C@@H](Cc2c[nH]c3ccccc23)C(=O)N1C. The fraction of sp³-hybridized carbons (Fsp3) is 0.562. The molecule has 3 saturated heterocycles. The predicted molar refractivity (Wildman–Crippen MR) is 486 cm³/mol. The normalized spacial score (nSPS) is 24.7. The Morgan fingerprint density at radius 1 is 0.523 bits per heavy atom. The first-order chi connectivity index (χ1) is 62.0. The van der Waals surface area contributed by atoms with Gasteiger partial charge >= 0.3 is 0 Å². The van der Waals surface area contributed by atoms with Crippen LogP contribution in [0.4, 0.5) is 0 Å². The van der Waals surface area contributed by atoms with Crippen LogP contribution in [0.2, 0.25) is 0 Å². The van der Waals surface area contributed by atoms with E-state index in [0.29, 0.717) is 77.0 Å². The maximum atomic E-state index is 15.7. The van der Waals surface area contributed by atoms with E-state index in [1.165, 1.54) is 74.0 Å². The number of phenolic OH excluding ortho intramolecular Hbond substituents is 1. The minimum Gasteiger partial charge on any atom is -0.508 e. The summed E-state index contributed by atoms with van der Waals surface area (Å²) in [4.78, 5) is 248. The number of nitrogens with one attached hydrogen (secondary N) is 14. The number of primary amides is 1. The smallest absolute Gasteiger partial charge is 0.245 e. The van der Waals surface area contributed by atoms with E-state index in [0.717, 1.165) is 21.6 Å². The number of nitrogens with two attached hydrogens (primary N) is 3. The molecule has 5 heterocycles. The summed E-state index contributed by atoms with van der Waals surface area (Å²) < 4.78 is 0. The predicted octanol–water partition coefficient (Wildman–Crippen LogP) is -0.982. The molecule has 130 heavy (non-hydrogen) atoms. The summed E-state index contributed by atoms with van der Waals surface area (Å²) in [7, 11) is 4.03. The number of guanidine groups is 1. The first-order valence-electron chi connectivity index (χ1n) is 44.5. The van der Waals surface area contributed by atoms with E-state index in [2.05, 4.69) is 68.5 Å². The van der Waals surface area contributed by atoms with Crippen LogP contribution in [0.15, 0.2) is 85.2 Å². The number of nitrogens with zero attached hydrogens (tertiary/aromatic N) is 5. The van der Waals surface area contributed by atoms with Gasteiger partial charge in [-0.3, -0.25) is 82.1 Å². The average molecular weight is 1830 g/mol. The fourth-order valence-electron chi connectivity index (χ4n) is 16.3. The highest BCUT2D eigenvalue weighted by molar-refractivity contribution is 8.00. The van der Waals surface area contributed by atoms with E-state index < -0.39 is 210 Å². The van der Waals surface area contributed by atoms with Gasteiger partial charge in [-0.2, -0.15) is 0 Å². The van der Waals surface area contributed by atoms with Crippen molar-refractivity contribution in [3.63, 3.8) is 0 Å². The molecule has 0 aliphatic carbocycles. The summed E-state index contributed by atoms with van der Waals surface area (Å²) in [5, 5.41) is 60.2. The van der Waals surface area contributed by atoms with E-state index in [1.807, 2.05) is 27.7 Å². The van der Waals surface area contributed by atoms with Crippen molar-refractivity contribution >= 4 is 134 Å². The number of amides is 16. The maximum Gasteiger partial charge on any atom is 0.245 e. The number of aliphatic hydroxyl groups is 1. The summed E-state index contributed by atoms with van der Waals surface area (Å²) in [6, 6.07) is 0.221. The lowest BCUT2D eigenvalue weighted by Crippen LogP contribution is -2.61. The Balaban J connectivity index is 1.17. The van der Waals surface area contributed by atoms with Gasteiger partial charge in [0, 0.05) is 100.0 Å². The summed E-state index contributed by atoms with van der Waals surface area (Å²) in [6.45, 7) is 8.55. The Labute approximate surface area is 760 Å². The third kappa shape index (κ3) is 28.8. The number of aromatic amines is 2. The molecule has 0 unspecified atom stereocenters. The summed E-state index contributed by atoms with van der Waals surface area (Å²) in [5.41, 5.74) is 19.9. The number of rotatable bonds is 25. The number of para-hydroxylation sites is 2. The maximum absolute atomic E-state index is 15.7. The molecule has 3 fully saturated rings. The number of H-pyrrole nitrogens is 2. The number of phenols is 1. The molecule has 5 aromatic rings. The third-order valence-corrected chi connectivity index (χ3v) is 24.8. The molecule has 3 aliphatic rings. The van der Waals surface area contributed by atoms with Gasteiger partial charge in [0.1, 0.15) is 90.3 Å². The van der Waals surface area contributed by atoms with Crippen LogP contribution in [-0.4, -0.2) is 302 Å². The molecule has 0 radical (unpaired) electrons. The van der Waals surface area contributed by atoms with Crippen molar-refractivity contribution in [1.82, 2.24) is 93.0 Å². The zero-order chi connectivity index (χ0) is 95.2. The van der Waals surface area contributed by atoms with Crippen molar-refractivity contribution in [3.8, 4) is 5.75 Å². The average Bonchev–Trinajstić information content (AvgIpc) is 1.71. The van der Waals surface area contributed by atoms with Crippen LogP contribution in [-0.2, 0) is 96.0 Å². The van der Waals surface area contributed by atoms with Gasteiger partial charge in [0.05, 0.1) is 18.9 Å². The van der Waals surface area contributed by atoms with Crippen LogP contribution in [0.5, 0.6) is 5.75 Å². The second-order valence-corrected chi connectivity index (χ2v) is 35.0. The lowest BCUT2D eigenvalue weighted by atomic mass is 10.00. The second-order valence-electron chi connectivity index (χ2n) is 33.9. The number of hydrogen-bond donors (Lipinski definition) is 19. The minimum atomic E-state index is -1.82. The number of carbonyl (C=O) groups is 16. The van der Waals surface area contributed by atoms with Gasteiger partial charge < -0.3 is 120 Å². The standard InChI is InChI=1S/C89H130N22O18S/c1-10-12-28-69-81(122)100-61(27-19-37-94-89(92)93)78(119)106-68(77(118)97-46-73(91)114)48-130-49-74(115)99-65(41-53-32-34-56(113)35-33-53)84(125)107(7)52(6)76(117)101-62(26-18-36-90)86(127)110-38-20-30-70(110)82(123)98-51(5)75(116)103-64(40-50(3)4)87(128)111-39-21-31-71(111)83(124)102-63(42-54-44-95-59-24-16-14-22-57(54)59)79(120)105-67(47-112)80(121)104-66(43-55-45-96-60-25-17-15-23-58(55)60)85(126)109(9)72(29-13-11-2)88(129)108(69)8/h14-17,22-25,32-35,44-45,50-52,61-72,95-96,112-113H,10-13,18-21,26-31,36-43,46-49,90H2,1-9H3,(H2,91,114)(H,97,118)(H,98,123)(H,99,115)(H,100,122)(H,101,117)(H,102,124)(H,103,116)(H,104,121)(H,105,120)(H,106,119)(H4,92,93,94)/t51-,52-,61-,62-,63-,64-,65-,66-,67-,68-,69-,70-,71-,72-/m0/s1. The van der Waals surface area contributed by atoms with E-state index >= 15 is 33.6 Å². The highest BCUT2D eigenvalue weighted by Crippen LogP contribution is 2.28. The van der Waals surface area contributed by atoms with Gasteiger partial charge in [0.2, 0.25) is 94.5 Å². The Kier molecular flexibility index (Phi) is 39.6. The zero-order valence-corrected chi connectivity index (χ0v) is 76.2. The number of thioether (sulfide) groups is 1. The van der Waals surface area contributed by atoms with Crippen LogP contribution in [0.1, 0.15) is 155 Å². The van der Waals surface area contributed by atoms with Crippen molar-refractivity contribution in [1.29, 1.82) is 5.41 Å². The van der Waals surface area contributed by atoms with E-state index in [-0.39, 0.29) is 115 Å². The topological polar surface area (TPSA) is 596 Å². The molecule has 16 amide bonds. The van der Waals surface area contributed by atoms with Crippen molar-refractivity contribution < 1.29 is 86.9 Å². The molecule has 0 spiro atoms. The molecule has 3 aliphatic heterocycles. The van der Waals surface area contributed by atoms with Gasteiger partial charge in [-0.25, -0.2) is 0 Å². The second kappa shape index (κ2) is 50.0. The van der Waals surface area contributed by atoms with Crippen LogP contribution < -0.4 is 75.7 Å². The lowest BCUT2D eigenvalue weighted by Gasteiger charge is -2.36. The van der Waals surface area contributed by atoms with Gasteiger partial charge in [-0.15, -0.1) is 11.8 Å². The van der Waals surface area contributed by atoms with Gasteiger partial charge in [0.25, 0.3) is 0 Å². The Morgan fingerprint density at radius 2 is 1.02 bits per heavy atom. The molecule has 3 aromatic carbocycles. The highest BCUT2D eigenvalue weighted by atomic mass is 32.2. The van der Waals surface area contributed by atoms with Crippen molar-refractivity contribution in [2.75, 3.05) is 72.0 Å². The molecular formula is C89H130N22O18S.